The van der Waals surface area contributed by atoms with Gasteiger partial charge in [-0.05, 0) is 69.0 Å². The Morgan fingerprint density at radius 2 is 1.86 bits per heavy atom. The predicted molar refractivity (Wildman–Crippen MR) is 139 cm³/mol. The summed E-state index contributed by atoms with van der Waals surface area (Å²) in [4.78, 5) is 26.8. The molecule has 1 saturated heterocycles. The molecule has 1 amide bonds. The van der Waals surface area contributed by atoms with Gasteiger partial charge >= 0.3 is 0 Å². The molecule has 1 aromatic carbocycles. The Hall–Kier alpha value is -3.20. The SMILES string of the molecule is CCCC(C)CN1CCC(c2cccc(-c3nn[nH]n3)c2)(c2ncc(C(=O)N(CC)CC)cn2)CC1. The van der Waals surface area contributed by atoms with Gasteiger partial charge in [0.05, 0.1) is 11.0 Å². The third kappa shape index (κ3) is 5.46. The second kappa shape index (κ2) is 11.7. The highest BCUT2D eigenvalue weighted by atomic mass is 16.2. The molecule has 0 spiro atoms. The molecule has 1 N–H and O–H groups in total. The van der Waals surface area contributed by atoms with Crippen LogP contribution in [0.5, 0.6) is 0 Å². The third-order valence-electron chi connectivity index (χ3n) is 7.46. The minimum Gasteiger partial charge on any atom is -0.339 e. The van der Waals surface area contributed by atoms with Gasteiger partial charge in [-0.1, -0.05) is 38.5 Å². The number of likely N-dealkylation sites (tertiary alicyclic amines) is 1. The molecule has 1 aliphatic heterocycles. The molecular weight excluding hydrogens is 452 g/mol. The minimum absolute atomic E-state index is 0.0283. The van der Waals surface area contributed by atoms with Gasteiger partial charge in [-0.2, -0.15) is 5.21 Å². The van der Waals surface area contributed by atoms with E-state index >= 15 is 0 Å². The van der Waals surface area contributed by atoms with Gasteiger partial charge in [0, 0.05) is 37.6 Å². The molecule has 0 bridgehead atoms. The van der Waals surface area contributed by atoms with E-state index in [0.29, 0.717) is 30.4 Å². The summed E-state index contributed by atoms with van der Waals surface area (Å²) in [5, 5.41) is 14.6. The Labute approximate surface area is 213 Å². The van der Waals surface area contributed by atoms with Crippen LogP contribution in [0.2, 0.25) is 0 Å². The van der Waals surface area contributed by atoms with Crippen molar-refractivity contribution in [2.45, 2.75) is 58.8 Å². The lowest BCUT2D eigenvalue weighted by molar-refractivity contribution is 0.0772. The number of aromatic nitrogens is 6. The number of aromatic amines is 1. The molecule has 3 aromatic rings. The van der Waals surface area contributed by atoms with Crippen LogP contribution >= 0.6 is 0 Å². The highest BCUT2D eigenvalue weighted by molar-refractivity contribution is 5.93. The van der Waals surface area contributed by atoms with Crippen LogP contribution in [-0.4, -0.2) is 79.0 Å². The zero-order valence-corrected chi connectivity index (χ0v) is 21.9. The number of amides is 1. The van der Waals surface area contributed by atoms with Crippen molar-refractivity contribution in [2.75, 3.05) is 32.7 Å². The third-order valence-corrected chi connectivity index (χ3v) is 7.46. The van der Waals surface area contributed by atoms with Crippen molar-refractivity contribution >= 4 is 5.91 Å². The molecule has 2 aromatic heterocycles. The maximum atomic E-state index is 12.8. The van der Waals surface area contributed by atoms with Crippen molar-refractivity contribution in [1.82, 2.24) is 40.4 Å². The second-order valence-corrected chi connectivity index (χ2v) is 9.87. The van der Waals surface area contributed by atoms with Crippen molar-refractivity contribution in [3.05, 3.63) is 53.6 Å². The van der Waals surface area contributed by atoms with Crippen molar-refractivity contribution < 1.29 is 4.79 Å². The summed E-state index contributed by atoms with van der Waals surface area (Å²) in [6, 6.07) is 8.32. The zero-order chi connectivity index (χ0) is 25.5. The molecule has 1 unspecified atom stereocenters. The number of hydrogen-bond donors (Lipinski definition) is 1. The number of carbonyl (C=O) groups is 1. The van der Waals surface area contributed by atoms with Gasteiger partial charge < -0.3 is 9.80 Å². The van der Waals surface area contributed by atoms with Crippen LogP contribution in [0.4, 0.5) is 0 Å². The fourth-order valence-corrected chi connectivity index (χ4v) is 5.40. The molecule has 9 nitrogen and oxygen atoms in total. The Balaban J connectivity index is 1.66. The van der Waals surface area contributed by atoms with Crippen LogP contribution in [0.3, 0.4) is 0 Å². The fraction of sp³-hybridized carbons (Fsp3) is 0.556. The van der Waals surface area contributed by atoms with E-state index in [4.69, 9.17) is 9.97 Å². The number of H-pyrrole nitrogens is 1. The van der Waals surface area contributed by atoms with Crippen molar-refractivity contribution in [1.29, 1.82) is 0 Å². The minimum atomic E-state index is -0.346. The Bertz CT molecular complexity index is 1100. The lowest BCUT2D eigenvalue weighted by atomic mass is 9.71. The van der Waals surface area contributed by atoms with E-state index in [0.717, 1.165) is 49.4 Å². The molecule has 1 fully saturated rings. The van der Waals surface area contributed by atoms with Gasteiger partial charge in [0.15, 0.2) is 0 Å². The Morgan fingerprint density at radius 3 is 2.47 bits per heavy atom. The first-order chi connectivity index (χ1) is 17.5. The highest BCUT2D eigenvalue weighted by Crippen LogP contribution is 2.41. The molecular formula is C27H38N8O. The quantitative estimate of drug-likeness (QED) is 0.459. The number of carbonyl (C=O) groups excluding carboxylic acids is 1. The van der Waals surface area contributed by atoms with Crippen LogP contribution in [0.1, 0.15) is 75.1 Å². The lowest BCUT2D eigenvalue weighted by Crippen LogP contribution is -2.45. The van der Waals surface area contributed by atoms with Gasteiger partial charge in [0.25, 0.3) is 5.91 Å². The van der Waals surface area contributed by atoms with Crippen LogP contribution in [0.15, 0.2) is 36.7 Å². The smallest absolute Gasteiger partial charge is 0.256 e. The molecule has 1 aliphatic rings. The Morgan fingerprint density at radius 1 is 1.14 bits per heavy atom. The molecule has 0 saturated carbocycles. The topological polar surface area (TPSA) is 104 Å². The Kier molecular flexibility index (Phi) is 8.40. The van der Waals surface area contributed by atoms with E-state index in [1.807, 2.05) is 26.0 Å². The maximum absolute atomic E-state index is 12.8. The molecule has 0 radical (unpaired) electrons. The van der Waals surface area contributed by atoms with Crippen LogP contribution in [0, 0.1) is 5.92 Å². The van der Waals surface area contributed by atoms with Gasteiger partial charge in [0.1, 0.15) is 5.82 Å². The second-order valence-electron chi connectivity index (χ2n) is 9.87. The summed E-state index contributed by atoms with van der Waals surface area (Å²) in [6.07, 6.45) is 7.68. The number of rotatable bonds is 10. The summed E-state index contributed by atoms with van der Waals surface area (Å²) in [7, 11) is 0. The summed E-state index contributed by atoms with van der Waals surface area (Å²) in [5.74, 6) is 1.99. The molecule has 3 heterocycles. The summed E-state index contributed by atoms with van der Waals surface area (Å²) < 4.78 is 0. The summed E-state index contributed by atoms with van der Waals surface area (Å²) in [6.45, 7) is 13.0. The van der Waals surface area contributed by atoms with Gasteiger partial charge in [-0.25, -0.2) is 9.97 Å². The van der Waals surface area contributed by atoms with E-state index in [1.54, 1.807) is 17.3 Å². The van der Waals surface area contributed by atoms with E-state index in [-0.39, 0.29) is 11.3 Å². The number of benzene rings is 1. The van der Waals surface area contributed by atoms with Crippen molar-refractivity contribution in [3.63, 3.8) is 0 Å². The average molecular weight is 491 g/mol. The standard InChI is InChI=1S/C27H38N8O/c1-5-9-20(4)19-34-14-12-27(13-15-34,23-11-8-10-21(16-23)24-30-32-33-31-24)26-28-17-22(18-29-26)25(36)35(6-2)7-3/h8,10-11,16-18,20H,5-7,9,12-15,19H2,1-4H3,(H,30,31,32,33). The zero-order valence-electron chi connectivity index (χ0n) is 21.9. The average Bonchev–Trinajstić information content (AvgIpc) is 3.46. The number of nitrogens with one attached hydrogen (secondary N) is 1. The fourth-order valence-electron chi connectivity index (χ4n) is 5.40. The molecule has 4 rings (SSSR count). The van der Waals surface area contributed by atoms with Gasteiger partial charge in [0.2, 0.25) is 5.82 Å². The van der Waals surface area contributed by atoms with Gasteiger partial charge in [-0.3, -0.25) is 4.79 Å². The van der Waals surface area contributed by atoms with Crippen LogP contribution in [0.25, 0.3) is 11.4 Å². The largest absolute Gasteiger partial charge is 0.339 e. The van der Waals surface area contributed by atoms with Crippen molar-refractivity contribution in [3.8, 4) is 11.4 Å². The molecule has 1 atom stereocenters. The number of nitrogens with zero attached hydrogens (tertiary/aromatic N) is 7. The molecule has 36 heavy (non-hydrogen) atoms. The monoisotopic (exact) mass is 490 g/mol. The number of hydrogen-bond acceptors (Lipinski definition) is 7. The highest BCUT2D eigenvalue weighted by Gasteiger charge is 2.41. The first-order valence-corrected chi connectivity index (χ1v) is 13.2. The van der Waals surface area contributed by atoms with Gasteiger partial charge in [-0.15, -0.1) is 10.2 Å². The molecule has 0 aliphatic carbocycles. The first kappa shape index (κ1) is 25.9. The number of piperidine rings is 1. The predicted octanol–water partition coefficient (Wildman–Crippen LogP) is 3.96. The first-order valence-electron chi connectivity index (χ1n) is 13.2. The van der Waals surface area contributed by atoms with Crippen LogP contribution < -0.4 is 0 Å². The molecule has 9 heteroatoms. The molecule has 192 valence electrons. The van der Waals surface area contributed by atoms with E-state index in [2.05, 4.69) is 51.5 Å². The van der Waals surface area contributed by atoms with Crippen molar-refractivity contribution in [2.24, 2.45) is 5.92 Å². The van der Waals surface area contributed by atoms with Crippen LogP contribution in [-0.2, 0) is 5.41 Å². The van der Waals surface area contributed by atoms with E-state index < -0.39 is 0 Å². The van der Waals surface area contributed by atoms with E-state index in [9.17, 15) is 4.79 Å². The van der Waals surface area contributed by atoms with E-state index in [1.165, 1.54) is 12.8 Å². The summed E-state index contributed by atoms with van der Waals surface area (Å²) >= 11 is 0. The number of tetrazole rings is 1. The summed E-state index contributed by atoms with van der Waals surface area (Å²) in [5.41, 5.74) is 2.24. The lowest BCUT2D eigenvalue weighted by Gasteiger charge is -2.42. The normalized spacial score (nSPS) is 16.6. The maximum Gasteiger partial charge on any atom is 0.256 e.